The molecule has 10 nitrogen and oxygen atoms in total. The van der Waals surface area contributed by atoms with Crippen molar-refractivity contribution in [2.45, 2.75) is 67.6 Å². The molecule has 3 N–H and O–H groups in total. The number of carbonyl (C=O) groups is 2. The van der Waals surface area contributed by atoms with Gasteiger partial charge in [0, 0.05) is 51.7 Å². The standard InChI is InChI=1S/C33H45N5O5S/c1-3-19-38(32(40)35-22-25-13-15-29(16-14-25)44(42)43-34-2)28-17-20-36(21-18-28)30-23-37(31(39)26-9-7-8-10-26)24-33(30,41)27-11-5-4-6-12-27/h3-6,11-16,26,28,30,34,41H,1,7-10,17-24H2,2H3,(H,35,40)/t30-,33-,44?/m0/s1. The average Bonchev–Trinajstić information content (AvgIpc) is 3.72. The molecule has 3 aliphatic rings. The number of likely N-dealkylation sites (tertiary alicyclic amines) is 2. The molecule has 2 aromatic rings. The molecule has 2 saturated heterocycles. The van der Waals surface area contributed by atoms with Gasteiger partial charge >= 0.3 is 6.03 Å². The van der Waals surface area contributed by atoms with E-state index in [0.29, 0.717) is 44.2 Å². The second-order valence-corrected chi connectivity index (χ2v) is 13.1. The monoisotopic (exact) mass is 623 g/mol. The maximum atomic E-state index is 13.4. The first-order valence-corrected chi connectivity index (χ1v) is 16.7. The molecule has 2 aliphatic heterocycles. The fourth-order valence-electron chi connectivity index (χ4n) is 7.01. The van der Waals surface area contributed by atoms with Gasteiger partial charge in [-0.1, -0.05) is 61.4 Å². The zero-order valence-electron chi connectivity index (χ0n) is 25.5. The van der Waals surface area contributed by atoms with Crippen molar-refractivity contribution in [3.05, 3.63) is 78.4 Å². The third-order valence-electron chi connectivity index (χ3n) is 9.35. The van der Waals surface area contributed by atoms with Crippen LogP contribution in [0.1, 0.15) is 49.7 Å². The van der Waals surface area contributed by atoms with Gasteiger partial charge in [-0.15, -0.1) is 6.58 Å². The van der Waals surface area contributed by atoms with Gasteiger partial charge in [0.1, 0.15) is 5.60 Å². The Labute approximate surface area is 263 Å². The molecular weight excluding hydrogens is 578 g/mol. The highest BCUT2D eigenvalue weighted by atomic mass is 32.2. The molecule has 2 heterocycles. The first-order valence-electron chi connectivity index (χ1n) is 15.6. The summed E-state index contributed by atoms with van der Waals surface area (Å²) in [4.78, 5) is 33.3. The number of piperidine rings is 1. The van der Waals surface area contributed by atoms with Gasteiger partial charge in [-0.25, -0.2) is 9.00 Å². The molecular formula is C33H45N5O5S. The molecule has 3 atom stereocenters. The number of urea groups is 1. The number of hydroxylamine groups is 1. The Morgan fingerprint density at radius 2 is 1.77 bits per heavy atom. The van der Waals surface area contributed by atoms with Crippen LogP contribution in [0.15, 0.2) is 72.1 Å². The zero-order valence-corrected chi connectivity index (χ0v) is 26.3. The number of nitrogens with one attached hydrogen (secondary N) is 2. The summed E-state index contributed by atoms with van der Waals surface area (Å²) in [6.07, 6.45) is 7.33. The highest BCUT2D eigenvalue weighted by Crippen LogP contribution is 2.39. The summed E-state index contributed by atoms with van der Waals surface area (Å²) in [6.45, 7) is 6.88. The summed E-state index contributed by atoms with van der Waals surface area (Å²) in [5.41, 5.74) is 3.00. The first-order chi connectivity index (χ1) is 21.3. The van der Waals surface area contributed by atoms with Crippen molar-refractivity contribution in [3.8, 4) is 0 Å². The summed E-state index contributed by atoms with van der Waals surface area (Å²) in [5.74, 6) is 0.247. The van der Waals surface area contributed by atoms with Gasteiger partial charge in [0.05, 0.1) is 17.5 Å². The number of hydrogen-bond acceptors (Lipinski definition) is 7. The SMILES string of the molecule is C=CCN(C(=O)NCc1ccc(S(=O)ONC)cc1)C1CCN([C@H]2CN(C(=O)C3CCCC3)C[C@]2(O)c2ccccc2)CC1. The predicted molar refractivity (Wildman–Crippen MR) is 169 cm³/mol. The minimum absolute atomic E-state index is 0.0233. The number of amides is 3. The first kappa shape index (κ1) is 32.3. The zero-order chi connectivity index (χ0) is 31.1. The van der Waals surface area contributed by atoms with Crippen LogP contribution in [0.3, 0.4) is 0 Å². The topological polar surface area (TPSA) is 114 Å². The molecule has 2 aromatic carbocycles. The van der Waals surface area contributed by atoms with Crippen LogP contribution < -0.4 is 10.8 Å². The van der Waals surface area contributed by atoms with E-state index in [0.717, 1.165) is 49.7 Å². The second-order valence-electron chi connectivity index (χ2n) is 12.0. The molecule has 1 unspecified atom stereocenters. The lowest BCUT2D eigenvalue weighted by Gasteiger charge is -2.43. The molecule has 3 amide bonds. The Bertz CT molecular complexity index is 1300. The molecule has 44 heavy (non-hydrogen) atoms. The molecule has 0 radical (unpaired) electrons. The minimum Gasteiger partial charge on any atom is -0.382 e. The van der Waals surface area contributed by atoms with Gasteiger partial charge in [0.15, 0.2) is 0 Å². The summed E-state index contributed by atoms with van der Waals surface area (Å²) in [5, 5.41) is 15.2. The van der Waals surface area contributed by atoms with E-state index in [1.165, 1.54) is 0 Å². The Kier molecular flexibility index (Phi) is 10.9. The maximum absolute atomic E-state index is 13.4. The number of aliphatic hydroxyl groups is 1. The van der Waals surface area contributed by atoms with E-state index < -0.39 is 16.7 Å². The predicted octanol–water partition coefficient (Wildman–Crippen LogP) is 3.31. The number of carbonyl (C=O) groups excluding carboxylic acids is 2. The van der Waals surface area contributed by atoms with Gasteiger partial charge < -0.3 is 20.2 Å². The lowest BCUT2D eigenvalue weighted by atomic mass is 9.86. The van der Waals surface area contributed by atoms with E-state index in [-0.39, 0.29) is 29.9 Å². The number of β-amino-alcohol motifs (C(OH)–C–C–N with tert-alkyl or cyclic N) is 1. The van der Waals surface area contributed by atoms with E-state index in [1.807, 2.05) is 52.3 Å². The molecule has 0 bridgehead atoms. The van der Waals surface area contributed by atoms with Crippen molar-refractivity contribution in [1.82, 2.24) is 25.5 Å². The summed E-state index contributed by atoms with van der Waals surface area (Å²) in [7, 11) is 1.55. The minimum atomic E-state index is -1.60. The van der Waals surface area contributed by atoms with E-state index in [9.17, 15) is 18.9 Å². The van der Waals surface area contributed by atoms with Crippen LogP contribution in [0.4, 0.5) is 4.79 Å². The Hall–Kier alpha value is -3.09. The lowest BCUT2D eigenvalue weighted by Crippen LogP contribution is -2.56. The number of rotatable bonds is 11. The number of benzene rings is 2. The van der Waals surface area contributed by atoms with Crippen LogP contribution in [0, 0.1) is 5.92 Å². The fraction of sp³-hybridized carbons (Fsp3) is 0.515. The molecule has 238 valence electrons. The van der Waals surface area contributed by atoms with E-state index in [4.69, 9.17) is 4.28 Å². The van der Waals surface area contributed by atoms with Crippen molar-refractivity contribution >= 4 is 23.0 Å². The highest BCUT2D eigenvalue weighted by molar-refractivity contribution is 7.80. The third kappa shape index (κ3) is 7.24. The van der Waals surface area contributed by atoms with Crippen molar-refractivity contribution in [1.29, 1.82) is 0 Å². The Morgan fingerprint density at radius 1 is 1.09 bits per heavy atom. The highest BCUT2D eigenvalue weighted by Gasteiger charge is 2.51. The van der Waals surface area contributed by atoms with Gasteiger partial charge in [0.2, 0.25) is 17.0 Å². The summed E-state index contributed by atoms with van der Waals surface area (Å²) < 4.78 is 16.9. The largest absolute Gasteiger partial charge is 0.382 e. The summed E-state index contributed by atoms with van der Waals surface area (Å²) >= 11 is -1.60. The number of hydrogen-bond donors (Lipinski definition) is 3. The van der Waals surface area contributed by atoms with Crippen molar-refractivity contribution in [2.75, 3.05) is 39.8 Å². The Balaban J connectivity index is 1.22. The maximum Gasteiger partial charge on any atom is 0.318 e. The fourth-order valence-corrected chi connectivity index (χ4v) is 7.62. The second kappa shape index (κ2) is 14.8. The summed E-state index contributed by atoms with van der Waals surface area (Å²) in [6, 6.07) is 16.5. The van der Waals surface area contributed by atoms with Crippen LogP contribution >= 0.6 is 0 Å². The molecule has 0 spiro atoms. The van der Waals surface area contributed by atoms with Gasteiger partial charge in [-0.2, -0.15) is 9.76 Å². The van der Waals surface area contributed by atoms with Crippen molar-refractivity contribution in [2.24, 2.45) is 5.92 Å². The van der Waals surface area contributed by atoms with E-state index in [2.05, 4.69) is 22.3 Å². The molecule has 3 fully saturated rings. The van der Waals surface area contributed by atoms with Gasteiger partial charge in [0.25, 0.3) is 0 Å². The van der Waals surface area contributed by atoms with Crippen LogP contribution in [-0.2, 0) is 32.3 Å². The van der Waals surface area contributed by atoms with E-state index in [1.54, 1.807) is 25.3 Å². The average molecular weight is 624 g/mol. The van der Waals surface area contributed by atoms with Crippen molar-refractivity contribution in [3.63, 3.8) is 0 Å². The molecule has 5 rings (SSSR count). The number of nitrogens with zero attached hydrogens (tertiary/aromatic N) is 3. The quantitative estimate of drug-likeness (QED) is 0.260. The smallest absolute Gasteiger partial charge is 0.318 e. The molecule has 1 aliphatic carbocycles. The molecule has 11 heteroatoms. The van der Waals surface area contributed by atoms with E-state index >= 15 is 0 Å². The van der Waals surface area contributed by atoms with Crippen molar-refractivity contribution < 1.29 is 23.2 Å². The van der Waals surface area contributed by atoms with Gasteiger partial charge in [-0.3, -0.25) is 9.69 Å². The third-order valence-corrected chi connectivity index (χ3v) is 10.3. The van der Waals surface area contributed by atoms with Gasteiger partial charge in [-0.05, 0) is 48.9 Å². The lowest BCUT2D eigenvalue weighted by molar-refractivity contribution is -0.135. The molecule has 1 saturated carbocycles. The van der Waals surface area contributed by atoms with Crippen LogP contribution in [0.2, 0.25) is 0 Å². The Morgan fingerprint density at radius 3 is 2.41 bits per heavy atom. The van der Waals surface area contributed by atoms with Crippen LogP contribution in [-0.4, -0.2) is 87.8 Å². The van der Waals surface area contributed by atoms with Crippen LogP contribution in [0.25, 0.3) is 0 Å². The normalized spacial score (nSPS) is 23.9. The van der Waals surface area contributed by atoms with Crippen LogP contribution in [0.5, 0.6) is 0 Å². The molecule has 0 aromatic heterocycles.